The lowest BCUT2D eigenvalue weighted by atomic mass is 10.5. The molecule has 2 aromatic rings. The van der Waals surface area contributed by atoms with Gasteiger partial charge in [-0.1, -0.05) is 12.1 Å². The van der Waals surface area contributed by atoms with Crippen molar-refractivity contribution in [3.8, 4) is 0 Å². The largest absolute Gasteiger partial charge is 0.354 e. The van der Waals surface area contributed by atoms with Crippen molar-refractivity contribution in [3.05, 3.63) is 24.6 Å². The third-order valence-electron chi connectivity index (χ3n) is 2.30. The Morgan fingerprint density at radius 1 is 1.25 bits per heavy atom. The number of hydrogen-bond donors (Lipinski definition) is 2. The van der Waals surface area contributed by atoms with Gasteiger partial charge in [-0.2, -0.15) is 4.98 Å². The van der Waals surface area contributed by atoms with Crippen LogP contribution in [0, 0.1) is 0 Å². The fourth-order valence-corrected chi connectivity index (χ4v) is 2.16. The standard InChI is InChI=1S/C10H14N6O3S/c1-2-3-11-10-12-4-8(5-13-10)20(17,18)15-6-9-14-7-19-16-9/h4-5,7,15H,2-3,6H2,1H3,(H,11,12,13). The van der Waals surface area contributed by atoms with Crippen LogP contribution >= 0.6 is 0 Å². The first-order chi connectivity index (χ1) is 9.62. The molecular weight excluding hydrogens is 284 g/mol. The van der Waals surface area contributed by atoms with Crippen LogP contribution in [-0.2, 0) is 16.6 Å². The SMILES string of the molecule is CCCNc1ncc(S(=O)(=O)NCc2ncon2)cn1. The van der Waals surface area contributed by atoms with E-state index in [1.165, 1.54) is 12.4 Å². The summed E-state index contributed by atoms with van der Waals surface area (Å²) in [6.45, 7) is 2.67. The van der Waals surface area contributed by atoms with Crippen LogP contribution in [0.25, 0.3) is 0 Å². The van der Waals surface area contributed by atoms with Crippen molar-refractivity contribution in [2.24, 2.45) is 0 Å². The summed E-state index contributed by atoms with van der Waals surface area (Å²) in [5, 5.41) is 6.46. The van der Waals surface area contributed by atoms with E-state index in [1.54, 1.807) is 0 Å². The number of aromatic nitrogens is 4. The van der Waals surface area contributed by atoms with Crippen LogP contribution in [0.3, 0.4) is 0 Å². The van der Waals surface area contributed by atoms with E-state index in [0.717, 1.165) is 19.4 Å². The van der Waals surface area contributed by atoms with Gasteiger partial charge in [0, 0.05) is 6.54 Å². The van der Waals surface area contributed by atoms with Crippen LogP contribution in [0.2, 0.25) is 0 Å². The van der Waals surface area contributed by atoms with Gasteiger partial charge in [-0.15, -0.1) is 0 Å². The normalized spacial score (nSPS) is 11.4. The van der Waals surface area contributed by atoms with Crippen LogP contribution in [-0.4, -0.2) is 35.1 Å². The highest BCUT2D eigenvalue weighted by Gasteiger charge is 2.16. The van der Waals surface area contributed by atoms with Crippen LogP contribution < -0.4 is 10.0 Å². The van der Waals surface area contributed by atoms with E-state index in [0.29, 0.717) is 5.95 Å². The molecule has 0 fully saturated rings. The van der Waals surface area contributed by atoms with Gasteiger partial charge in [0.05, 0.1) is 18.9 Å². The van der Waals surface area contributed by atoms with Crippen LogP contribution in [0.4, 0.5) is 5.95 Å². The molecule has 0 unspecified atom stereocenters. The highest BCUT2D eigenvalue weighted by atomic mass is 32.2. The number of anilines is 1. The lowest BCUT2D eigenvalue weighted by Gasteiger charge is -2.05. The first-order valence-corrected chi connectivity index (χ1v) is 7.41. The molecule has 10 heteroatoms. The van der Waals surface area contributed by atoms with E-state index in [9.17, 15) is 8.42 Å². The Bertz CT molecular complexity index is 626. The lowest BCUT2D eigenvalue weighted by Crippen LogP contribution is -2.24. The maximum atomic E-state index is 12.0. The molecule has 2 heterocycles. The summed E-state index contributed by atoms with van der Waals surface area (Å²) in [5.41, 5.74) is 0. The summed E-state index contributed by atoms with van der Waals surface area (Å²) in [6.07, 6.45) is 4.53. The van der Waals surface area contributed by atoms with E-state index in [1.807, 2.05) is 6.92 Å². The molecule has 0 aliphatic rings. The van der Waals surface area contributed by atoms with Gasteiger partial charge in [-0.25, -0.2) is 23.1 Å². The van der Waals surface area contributed by atoms with Crippen LogP contribution in [0.15, 0.2) is 28.2 Å². The molecule has 2 aromatic heterocycles. The van der Waals surface area contributed by atoms with E-state index < -0.39 is 10.0 Å². The Kier molecular flexibility index (Phi) is 4.58. The van der Waals surface area contributed by atoms with Gasteiger partial charge in [0.25, 0.3) is 0 Å². The predicted molar refractivity (Wildman–Crippen MR) is 69.1 cm³/mol. The van der Waals surface area contributed by atoms with E-state index in [4.69, 9.17) is 0 Å². The van der Waals surface area contributed by atoms with Crippen molar-refractivity contribution in [2.75, 3.05) is 11.9 Å². The molecule has 0 aromatic carbocycles. The molecule has 20 heavy (non-hydrogen) atoms. The molecule has 2 N–H and O–H groups in total. The van der Waals surface area contributed by atoms with Gasteiger partial charge in [0.2, 0.25) is 22.4 Å². The van der Waals surface area contributed by atoms with Crippen molar-refractivity contribution in [1.29, 1.82) is 0 Å². The molecular formula is C10H14N6O3S. The first kappa shape index (κ1) is 14.3. The number of sulfonamides is 1. The number of nitrogens with one attached hydrogen (secondary N) is 2. The fourth-order valence-electron chi connectivity index (χ4n) is 1.30. The van der Waals surface area contributed by atoms with Crippen molar-refractivity contribution in [2.45, 2.75) is 24.8 Å². The number of hydrogen-bond acceptors (Lipinski definition) is 8. The average Bonchev–Trinajstić information content (AvgIpc) is 2.97. The molecule has 0 spiro atoms. The van der Waals surface area contributed by atoms with Gasteiger partial charge in [0.1, 0.15) is 4.90 Å². The number of rotatable bonds is 7. The summed E-state index contributed by atoms with van der Waals surface area (Å²) in [7, 11) is -3.70. The zero-order valence-electron chi connectivity index (χ0n) is 10.8. The van der Waals surface area contributed by atoms with Crippen molar-refractivity contribution >= 4 is 16.0 Å². The maximum Gasteiger partial charge on any atom is 0.244 e. The number of nitrogens with zero attached hydrogens (tertiary/aromatic N) is 4. The highest BCUT2D eigenvalue weighted by Crippen LogP contribution is 2.07. The van der Waals surface area contributed by atoms with Gasteiger partial charge in [0.15, 0.2) is 5.82 Å². The Hall–Kier alpha value is -2.07. The molecule has 108 valence electrons. The zero-order valence-corrected chi connectivity index (χ0v) is 11.6. The second-order valence-corrected chi connectivity index (χ2v) is 5.61. The molecule has 0 atom stereocenters. The second kappa shape index (κ2) is 6.39. The maximum absolute atomic E-state index is 12.0. The van der Waals surface area contributed by atoms with E-state index in [2.05, 4.69) is 34.7 Å². The third kappa shape index (κ3) is 3.71. The molecule has 0 amide bonds. The second-order valence-electron chi connectivity index (χ2n) is 3.84. The van der Waals surface area contributed by atoms with Gasteiger partial charge < -0.3 is 9.84 Å². The van der Waals surface area contributed by atoms with Crippen LogP contribution in [0.1, 0.15) is 19.2 Å². The van der Waals surface area contributed by atoms with E-state index >= 15 is 0 Å². The van der Waals surface area contributed by atoms with Crippen molar-refractivity contribution in [1.82, 2.24) is 24.8 Å². The minimum atomic E-state index is -3.70. The third-order valence-corrected chi connectivity index (χ3v) is 3.65. The Labute approximate surface area is 115 Å². The van der Waals surface area contributed by atoms with Crippen molar-refractivity contribution < 1.29 is 12.9 Å². The predicted octanol–water partition coefficient (Wildman–Crippen LogP) is 0.160. The monoisotopic (exact) mass is 298 g/mol. The molecule has 2 rings (SSSR count). The van der Waals surface area contributed by atoms with Gasteiger partial charge in [-0.05, 0) is 6.42 Å². The van der Waals surface area contributed by atoms with Crippen molar-refractivity contribution in [3.63, 3.8) is 0 Å². The lowest BCUT2D eigenvalue weighted by molar-refractivity contribution is 0.409. The smallest absolute Gasteiger partial charge is 0.244 e. The Morgan fingerprint density at radius 2 is 2.00 bits per heavy atom. The highest BCUT2D eigenvalue weighted by molar-refractivity contribution is 7.89. The van der Waals surface area contributed by atoms with Gasteiger partial charge in [-0.3, -0.25) is 0 Å². The summed E-state index contributed by atoms with van der Waals surface area (Å²) in [4.78, 5) is 11.6. The topological polar surface area (TPSA) is 123 Å². The summed E-state index contributed by atoms with van der Waals surface area (Å²) >= 11 is 0. The molecule has 0 aliphatic carbocycles. The molecule has 0 radical (unpaired) electrons. The first-order valence-electron chi connectivity index (χ1n) is 5.92. The minimum absolute atomic E-state index is 0.0250. The fraction of sp³-hybridized carbons (Fsp3) is 0.400. The quantitative estimate of drug-likeness (QED) is 0.741. The Balaban J connectivity index is 2.01. The minimum Gasteiger partial charge on any atom is -0.354 e. The zero-order chi connectivity index (χ0) is 14.4. The molecule has 0 bridgehead atoms. The molecule has 0 saturated carbocycles. The summed E-state index contributed by atoms with van der Waals surface area (Å²) in [5.74, 6) is 0.639. The Morgan fingerprint density at radius 3 is 2.60 bits per heavy atom. The van der Waals surface area contributed by atoms with E-state index in [-0.39, 0.29) is 17.3 Å². The molecule has 9 nitrogen and oxygen atoms in total. The summed E-state index contributed by atoms with van der Waals surface area (Å²) in [6, 6.07) is 0. The summed E-state index contributed by atoms with van der Waals surface area (Å²) < 4.78 is 30.7. The van der Waals surface area contributed by atoms with Gasteiger partial charge >= 0.3 is 0 Å². The van der Waals surface area contributed by atoms with Crippen LogP contribution in [0.5, 0.6) is 0 Å². The average molecular weight is 298 g/mol. The molecule has 0 aliphatic heterocycles. The molecule has 0 saturated heterocycles.